The summed E-state index contributed by atoms with van der Waals surface area (Å²) >= 11 is 0. The number of fused-ring (bicyclic) bond motifs is 2. The maximum atomic E-state index is 5.42. The number of hydrogen-bond acceptors (Lipinski definition) is 6. The Morgan fingerprint density at radius 3 is 2.96 bits per heavy atom. The summed E-state index contributed by atoms with van der Waals surface area (Å²) in [5.41, 5.74) is 3.36. The molecular formula is C18H19N7O. The summed E-state index contributed by atoms with van der Waals surface area (Å²) in [6, 6.07) is 7.99. The lowest BCUT2D eigenvalue weighted by Crippen LogP contribution is -2.23. The van der Waals surface area contributed by atoms with Crippen LogP contribution in [0.1, 0.15) is 12.8 Å². The highest BCUT2D eigenvalue weighted by molar-refractivity contribution is 5.84. The molecule has 8 heteroatoms. The Hall–Kier alpha value is -3.00. The molecule has 26 heavy (non-hydrogen) atoms. The zero-order chi connectivity index (χ0) is 17.3. The van der Waals surface area contributed by atoms with Crippen molar-refractivity contribution in [2.45, 2.75) is 12.8 Å². The largest absolute Gasteiger partial charge is 0.381 e. The second kappa shape index (κ2) is 6.38. The van der Waals surface area contributed by atoms with Crippen LogP contribution in [0.5, 0.6) is 0 Å². The maximum absolute atomic E-state index is 5.42. The van der Waals surface area contributed by atoms with Gasteiger partial charge in [-0.15, -0.1) is 0 Å². The van der Waals surface area contributed by atoms with Crippen molar-refractivity contribution in [3.8, 4) is 5.82 Å². The zero-order valence-corrected chi connectivity index (χ0v) is 14.2. The van der Waals surface area contributed by atoms with Gasteiger partial charge in [0, 0.05) is 19.8 Å². The molecule has 0 aliphatic carbocycles. The van der Waals surface area contributed by atoms with E-state index in [1.165, 1.54) is 0 Å². The quantitative estimate of drug-likeness (QED) is 0.588. The van der Waals surface area contributed by atoms with Crippen LogP contribution in [0.25, 0.3) is 28.0 Å². The Balaban J connectivity index is 1.53. The van der Waals surface area contributed by atoms with E-state index < -0.39 is 0 Å². The summed E-state index contributed by atoms with van der Waals surface area (Å²) in [5, 5.41) is 3.38. The molecule has 2 N–H and O–H groups in total. The van der Waals surface area contributed by atoms with Gasteiger partial charge in [0.05, 0.1) is 17.4 Å². The Morgan fingerprint density at radius 1 is 1.15 bits per heavy atom. The number of H-pyrrole nitrogens is 1. The summed E-state index contributed by atoms with van der Waals surface area (Å²) in [5.74, 6) is 1.92. The number of benzene rings is 1. The predicted molar refractivity (Wildman–Crippen MR) is 98.3 cm³/mol. The van der Waals surface area contributed by atoms with Crippen molar-refractivity contribution in [2.24, 2.45) is 5.92 Å². The van der Waals surface area contributed by atoms with Crippen molar-refractivity contribution in [3.63, 3.8) is 0 Å². The minimum atomic E-state index is 0.583. The molecule has 1 saturated heterocycles. The molecule has 5 rings (SSSR count). The van der Waals surface area contributed by atoms with Gasteiger partial charge >= 0.3 is 0 Å². The average Bonchev–Trinajstić information content (AvgIpc) is 3.33. The molecule has 132 valence electrons. The molecule has 0 atom stereocenters. The number of rotatable bonds is 4. The molecule has 1 aliphatic heterocycles. The minimum absolute atomic E-state index is 0.583. The van der Waals surface area contributed by atoms with Gasteiger partial charge in [0.1, 0.15) is 11.8 Å². The third kappa shape index (κ3) is 2.68. The first-order valence-electron chi connectivity index (χ1n) is 8.84. The van der Waals surface area contributed by atoms with Crippen molar-refractivity contribution in [2.75, 3.05) is 25.1 Å². The third-order valence-corrected chi connectivity index (χ3v) is 4.84. The molecular weight excluding hydrogens is 330 g/mol. The summed E-state index contributed by atoms with van der Waals surface area (Å²) in [4.78, 5) is 21.2. The van der Waals surface area contributed by atoms with Crippen LogP contribution in [0.4, 0.5) is 5.95 Å². The number of anilines is 1. The lowest BCUT2D eigenvalue weighted by Gasteiger charge is -2.22. The molecule has 0 spiro atoms. The van der Waals surface area contributed by atoms with E-state index in [-0.39, 0.29) is 0 Å². The van der Waals surface area contributed by atoms with Crippen LogP contribution in [0.2, 0.25) is 0 Å². The van der Waals surface area contributed by atoms with Crippen molar-refractivity contribution in [3.05, 3.63) is 36.9 Å². The first kappa shape index (κ1) is 15.3. The Kier molecular flexibility index (Phi) is 3.75. The second-order valence-corrected chi connectivity index (χ2v) is 6.51. The Labute approximate surface area is 149 Å². The molecule has 0 amide bonds. The molecule has 4 heterocycles. The Bertz CT molecular complexity index is 1050. The lowest BCUT2D eigenvalue weighted by atomic mass is 10.0. The Morgan fingerprint density at radius 2 is 2.04 bits per heavy atom. The normalized spacial score (nSPS) is 15.7. The SMILES string of the molecule is c1ccc2c(c1)ncn2-c1nc(NCC2CCOCC2)nc2nc[nH]c12. The van der Waals surface area contributed by atoms with Crippen LogP contribution in [-0.2, 0) is 4.74 Å². The van der Waals surface area contributed by atoms with E-state index >= 15 is 0 Å². The molecule has 0 bridgehead atoms. The van der Waals surface area contributed by atoms with Crippen molar-refractivity contribution in [1.29, 1.82) is 0 Å². The number of nitrogens with one attached hydrogen (secondary N) is 2. The molecule has 0 saturated carbocycles. The van der Waals surface area contributed by atoms with Crippen molar-refractivity contribution >= 4 is 28.1 Å². The standard InChI is InChI=1S/C18H19N7O/c1-2-4-14-13(3-1)22-11-25(14)17-15-16(21-10-20-15)23-18(24-17)19-9-12-5-7-26-8-6-12/h1-4,10-12H,5-9H2,(H2,19,20,21,23,24). The fourth-order valence-corrected chi connectivity index (χ4v) is 3.39. The molecule has 1 aromatic carbocycles. The molecule has 4 aromatic rings. The average molecular weight is 349 g/mol. The first-order valence-corrected chi connectivity index (χ1v) is 8.84. The van der Waals surface area contributed by atoms with Gasteiger partial charge in [-0.25, -0.2) is 9.97 Å². The highest BCUT2D eigenvalue weighted by atomic mass is 16.5. The van der Waals surface area contributed by atoms with Crippen LogP contribution < -0.4 is 5.32 Å². The van der Waals surface area contributed by atoms with E-state index in [0.29, 0.717) is 17.5 Å². The smallest absolute Gasteiger partial charge is 0.226 e. The van der Waals surface area contributed by atoms with Gasteiger partial charge in [-0.1, -0.05) is 12.1 Å². The van der Waals surface area contributed by atoms with Gasteiger partial charge in [0.25, 0.3) is 0 Å². The van der Waals surface area contributed by atoms with Crippen LogP contribution in [0.15, 0.2) is 36.9 Å². The summed E-state index contributed by atoms with van der Waals surface area (Å²) in [6.45, 7) is 2.50. The first-order chi connectivity index (χ1) is 12.9. The number of aromatic nitrogens is 6. The van der Waals surface area contributed by atoms with Gasteiger partial charge in [-0.3, -0.25) is 4.57 Å². The van der Waals surface area contributed by atoms with E-state index in [9.17, 15) is 0 Å². The van der Waals surface area contributed by atoms with Crippen LogP contribution in [0.3, 0.4) is 0 Å². The van der Waals surface area contributed by atoms with E-state index in [2.05, 4.69) is 25.3 Å². The highest BCUT2D eigenvalue weighted by Gasteiger charge is 2.17. The summed E-state index contributed by atoms with van der Waals surface area (Å²) in [6.07, 6.45) is 5.56. The molecule has 1 fully saturated rings. The third-order valence-electron chi connectivity index (χ3n) is 4.84. The van der Waals surface area contributed by atoms with E-state index in [1.807, 2.05) is 28.8 Å². The van der Waals surface area contributed by atoms with E-state index in [0.717, 1.165) is 55.0 Å². The van der Waals surface area contributed by atoms with Gasteiger partial charge in [-0.2, -0.15) is 9.97 Å². The second-order valence-electron chi connectivity index (χ2n) is 6.51. The van der Waals surface area contributed by atoms with E-state index in [4.69, 9.17) is 9.72 Å². The minimum Gasteiger partial charge on any atom is -0.381 e. The maximum Gasteiger partial charge on any atom is 0.226 e. The van der Waals surface area contributed by atoms with E-state index in [1.54, 1.807) is 12.7 Å². The van der Waals surface area contributed by atoms with Gasteiger partial charge in [0.2, 0.25) is 5.95 Å². The van der Waals surface area contributed by atoms with Crippen LogP contribution in [-0.4, -0.2) is 49.2 Å². The fourth-order valence-electron chi connectivity index (χ4n) is 3.39. The molecule has 8 nitrogen and oxygen atoms in total. The van der Waals surface area contributed by atoms with Gasteiger partial charge in [-0.05, 0) is 30.9 Å². The molecule has 0 unspecified atom stereocenters. The number of ether oxygens (including phenoxy) is 1. The molecule has 3 aromatic heterocycles. The number of imidazole rings is 2. The molecule has 1 aliphatic rings. The lowest BCUT2D eigenvalue weighted by molar-refractivity contribution is 0.0699. The predicted octanol–water partition coefficient (Wildman–Crippen LogP) is 2.53. The number of nitrogens with zero attached hydrogens (tertiary/aromatic N) is 5. The summed E-state index contributed by atoms with van der Waals surface area (Å²) < 4.78 is 7.39. The van der Waals surface area contributed by atoms with Gasteiger partial charge in [0.15, 0.2) is 11.5 Å². The summed E-state index contributed by atoms with van der Waals surface area (Å²) in [7, 11) is 0. The fraction of sp³-hybridized carbons (Fsp3) is 0.333. The van der Waals surface area contributed by atoms with Crippen LogP contribution in [0, 0.1) is 5.92 Å². The zero-order valence-electron chi connectivity index (χ0n) is 14.2. The van der Waals surface area contributed by atoms with Crippen molar-refractivity contribution < 1.29 is 4.74 Å². The number of para-hydroxylation sites is 2. The molecule has 0 radical (unpaired) electrons. The number of hydrogen-bond donors (Lipinski definition) is 2. The van der Waals surface area contributed by atoms with Gasteiger partial charge < -0.3 is 15.0 Å². The topological polar surface area (TPSA) is 93.5 Å². The monoisotopic (exact) mass is 349 g/mol. The highest BCUT2D eigenvalue weighted by Crippen LogP contribution is 2.23. The number of aromatic amines is 1. The van der Waals surface area contributed by atoms with Crippen molar-refractivity contribution in [1.82, 2.24) is 29.5 Å². The van der Waals surface area contributed by atoms with Crippen LogP contribution >= 0.6 is 0 Å².